The number of carboxylic acids is 1. The van der Waals surface area contributed by atoms with Crippen LogP contribution in [0.15, 0.2) is 42.7 Å². The van der Waals surface area contributed by atoms with Gasteiger partial charge in [0.1, 0.15) is 11.6 Å². The monoisotopic (exact) mass is 485 g/mol. The molecular formula is C19H23N3O10S. The highest BCUT2D eigenvalue weighted by Crippen LogP contribution is 2.25. The number of aliphatic carboxylic acids is 1. The number of aromatic nitrogens is 1. The molecule has 0 aliphatic carbocycles. The largest absolute Gasteiger partial charge is 0.748 e. The smallest absolute Gasteiger partial charge is 0.412 e. The minimum atomic E-state index is -3.92. The number of carboxylic acid groups (broad SMARTS) is 1. The molecule has 0 fully saturated rings. The number of benzene rings is 1. The lowest BCUT2D eigenvalue weighted by Crippen LogP contribution is -2.45. The summed E-state index contributed by atoms with van der Waals surface area (Å²) in [5, 5.41) is 32.8. The third-order valence-corrected chi connectivity index (χ3v) is 3.76. The van der Waals surface area contributed by atoms with Gasteiger partial charge in [0.05, 0.1) is 10.1 Å². The molecule has 5 N–H and O–H groups in total. The molecule has 180 valence electrons. The molecule has 1 heterocycles. The van der Waals surface area contributed by atoms with E-state index in [2.05, 4.69) is 10.6 Å². The molecule has 1 atom stereocenters. The summed E-state index contributed by atoms with van der Waals surface area (Å²) in [6, 6.07) is 5.74. The van der Waals surface area contributed by atoms with Crippen molar-refractivity contribution in [3.8, 4) is 11.5 Å². The maximum Gasteiger partial charge on any atom is 0.412 e. The van der Waals surface area contributed by atoms with Gasteiger partial charge in [-0.15, -0.1) is 0 Å². The Morgan fingerprint density at radius 3 is 2.36 bits per heavy atom. The van der Waals surface area contributed by atoms with E-state index in [1.54, 1.807) is 18.3 Å². The Morgan fingerprint density at radius 2 is 1.82 bits per heavy atom. The lowest BCUT2D eigenvalue weighted by Gasteiger charge is -2.14. The topological polar surface area (TPSA) is 206 Å². The molecule has 0 bridgehead atoms. The number of ether oxygens (including phenoxy) is 1. The molecule has 1 aromatic carbocycles. The molecule has 14 heteroatoms. The molecule has 0 aliphatic rings. The van der Waals surface area contributed by atoms with Crippen molar-refractivity contribution in [1.82, 2.24) is 10.6 Å². The van der Waals surface area contributed by atoms with E-state index in [-0.39, 0.29) is 24.8 Å². The van der Waals surface area contributed by atoms with Crippen LogP contribution in [0.4, 0.5) is 4.79 Å². The number of nitrogens with zero attached hydrogens (tertiary/aromatic N) is 1. The standard InChI is InChI=1S/C18H19N3O7.CH4O3S/c1-19-16(24)12-3-2-6-21(9-12)10-28-18(27)20-13(17(25)26)7-11-4-5-14(22)15(23)8-11;1-5(2,3)4/h2-6,8-9,13H,7,10H2,1H3,(H4-,19,20,22,23,24,25,26,27);1H3,(H,2,3,4). The summed E-state index contributed by atoms with van der Waals surface area (Å²) < 4.78 is 33.7. The molecule has 2 amide bonds. The number of rotatable bonds is 7. The molecule has 0 aliphatic heterocycles. The Labute approximate surface area is 189 Å². The summed E-state index contributed by atoms with van der Waals surface area (Å²) in [5.74, 6) is -2.32. The number of carbonyl (C=O) groups is 3. The summed E-state index contributed by atoms with van der Waals surface area (Å²) in [6.45, 7) is -0.233. The van der Waals surface area contributed by atoms with E-state index in [0.29, 0.717) is 17.4 Å². The van der Waals surface area contributed by atoms with Crippen LogP contribution in [0.25, 0.3) is 0 Å². The van der Waals surface area contributed by atoms with Crippen molar-refractivity contribution in [1.29, 1.82) is 0 Å². The van der Waals surface area contributed by atoms with Crippen LogP contribution >= 0.6 is 0 Å². The average molecular weight is 485 g/mol. The Bertz CT molecular complexity index is 1100. The van der Waals surface area contributed by atoms with Crippen LogP contribution in [0.2, 0.25) is 0 Å². The second kappa shape index (κ2) is 12.2. The van der Waals surface area contributed by atoms with Gasteiger partial charge in [-0.25, -0.2) is 18.0 Å². The Kier molecular flexibility index (Phi) is 10.0. The van der Waals surface area contributed by atoms with Crippen molar-refractivity contribution in [2.45, 2.75) is 19.2 Å². The highest BCUT2D eigenvalue weighted by atomic mass is 32.2. The van der Waals surface area contributed by atoms with Gasteiger partial charge in [0.2, 0.25) is 0 Å². The molecule has 1 aromatic heterocycles. The number of pyridine rings is 1. The number of phenols is 2. The number of amides is 2. The van der Waals surface area contributed by atoms with E-state index < -0.39 is 34.0 Å². The van der Waals surface area contributed by atoms with Gasteiger partial charge in [-0.2, -0.15) is 4.57 Å². The molecule has 33 heavy (non-hydrogen) atoms. The molecule has 0 spiro atoms. The van der Waals surface area contributed by atoms with Crippen molar-refractivity contribution in [2.75, 3.05) is 13.3 Å². The summed E-state index contributed by atoms with van der Waals surface area (Å²) >= 11 is 0. The summed E-state index contributed by atoms with van der Waals surface area (Å²) in [5.41, 5.74) is 0.764. The van der Waals surface area contributed by atoms with E-state index in [1.807, 2.05) is 0 Å². The molecule has 13 nitrogen and oxygen atoms in total. The van der Waals surface area contributed by atoms with Gasteiger partial charge in [0.15, 0.2) is 23.9 Å². The van der Waals surface area contributed by atoms with Gasteiger partial charge in [-0.1, -0.05) is 6.07 Å². The number of nitrogens with one attached hydrogen (secondary N) is 2. The zero-order valence-electron chi connectivity index (χ0n) is 17.6. The molecular weight excluding hydrogens is 462 g/mol. The third-order valence-electron chi connectivity index (χ3n) is 3.76. The van der Waals surface area contributed by atoms with Crippen LogP contribution in [0.3, 0.4) is 0 Å². The van der Waals surface area contributed by atoms with Crippen molar-refractivity contribution in [3.05, 3.63) is 53.9 Å². The average Bonchev–Trinajstić information content (AvgIpc) is 2.72. The Hall–Kier alpha value is -3.91. The predicted octanol–water partition coefficient (Wildman–Crippen LogP) is -0.714. The quantitative estimate of drug-likeness (QED) is 0.189. The van der Waals surface area contributed by atoms with Gasteiger partial charge in [-0.3, -0.25) is 4.79 Å². The fraction of sp³-hybridized carbons (Fsp3) is 0.263. The maximum atomic E-state index is 11.9. The third kappa shape index (κ3) is 10.8. The number of phenolic OH excluding ortho intramolecular Hbond substituents is 2. The molecule has 2 aromatic rings. The molecule has 0 saturated heterocycles. The van der Waals surface area contributed by atoms with E-state index in [1.165, 1.54) is 36.0 Å². The first kappa shape index (κ1) is 27.1. The molecule has 2 rings (SSSR count). The highest BCUT2D eigenvalue weighted by molar-refractivity contribution is 7.84. The normalized spacial score (nSPS) is 11.4. The maximum absolute atomic E-state index is 11.9. The van der Waals surface area contributed by atoms with Crippen molar-refractivity contribution >= 4 is 28.1 Å². The van der Waals surface area contributed by atoms with E-state index in [0.717, 1.165) is 0 Å². The van der Waals surface area contributed by atoms with Crippen LogP contribution in [0, 0.1) is 0 Å². The fourth-order valence-corrected chi connectivity index (χ4v) is 2.33. The van der Waals surface area contributed by atoms with Gasteiger partial charge >= 0.3 is 12.1 Å². The minimum Gasteiger partial charge on any atom is -0.748 e. The zero-order chi connectivity index (χ0) is 25.2. The lowest BCUT2D eigenvalue weighted by molar-refractivity contribution is -0.727. The summed E-state index contributed by atoms with van der Waals surface area (Å²) in [7, 11) is -2.43. The SMILES string of the molecule is CNC(=O)c1ccc[n+](COC(=O)NC(Cc2ccc(O)c(O)c2)C(=O)O)c1.CS(=O)(=O)[O-]. The van der Waals surface area contributed by atoms with Gasteiger partial charge in [0.25, 0.3) is 12.6 Å². The summed E-state index contributed by atoms with van der Waals surface area (Å²) in [4.78, 5) is 34.9. The zero-order valence-corrected chi connectivity index (χ0v) is 18.4. The van der Waals surface area contributed by atoms with Crippen molar-refractivity contribution in [2.24, 2.45) is 0 Å². The number of carbonyl (C=O) groups excluding carboxylic acids is 2. The van der Waals surface area contributed by atoms with Crippen molar-refractivity contribution in [3.63, 3.8) is 0 Å². The first-order valence-electron chi connectivity index (χ1n) is 9.09. The number of alkyl carbamates (subject to hydrolysis) is 1. The first-order chi connectivity index (χ1) is 15.3. The minimum absolute atomic E-state index is 0.127. The Balaban J connectivity index is 0.000000981. The first-order valence-corrected chi connectivity index (χ1v) is 10.9. The molecule has 1 unspecified atom stereocenters. The van der Waals surface area contributed by atoms with Crippen LogP contribution in [-0.2, 0) is 32.8 Å². The van der Waals surface area contributed by atoms with Gasteiger partial charge in [-0.05, 0) is 23.8 Å². The van der Waals surface area contributed by atoms with Crippen LogP contribution in [-0.4, -0.2) is 65.6 Å². The lowest BCUT2D eigenvalue weighted by atomic mass is 10.1. The van der Waals surface area contributed by atoms with E-state index >= 15 is 0 Å². The number of hydrogen-bond acceptors (Lipinski definition) is 9. The molecule has 0 saturated carbocycles. The van der Waals surface area contributed by atoms with Gasteiger partial charge in [0, 0.05) is 25.8 Å². The van der Waals surface area contributed by atoms with E-state index in [4.69, 9.17) is 17.7 Å². The number of aromatic hydroxyl groups is 2. The van der Waals surface area contributed by atoms with Crippen LogP contribution < -0.4 is 15.2 Å². The summed E-state index contributed by atoms with van der Waals surface area (Å²) in [6.07, 6.45) is 2.56. The van der Waals surface area contributed by atoms with Crippen LogP contribution in [0.1, 0.15) is 15.9 Å². The molecule has 0 radical (unpaired) electrons. The highest BCUT2D eigenvalue weighted by Gasteiger charge is 2.22. The Morgan fingerprint density at radius 1 is 1.18 bits per heavy atom. The van der Waals surface area contributed by atoms with Gasteiger partial charge < -0.3 is 35.2 Å². The predicted molar refractivity (Wildman–Crippen MR) is 110 cm³/mol. The van der Waals surface area contributed by atoms with E-state index in [9.17, 15) is 29.7 Å². The van der Waals surface area contributed by atoms with Crippen molar-refractivity contribution < 1.29 is 52.0 Å². The second-order valence-electron chi connectivity index (χ2n) is 6.51. The van der Waals surface area contributed by atoms with Crippen LogP contribution in [0.5, 0.6) is 11.5 Å². The number of hydrogen-bond donors (Lipinski definition) is 5. The second-order valence-corrected chi connectivity index (χ2v) is 7.92. The fourth-order valence-electron chi connectivity index (χ4n) is 2.33.